The first-order valence-electron chi connectivity index (χ1n) is 9.12. The van der Waals surface area contributed by atoms with E-state index in [0.29, 0.717) is 11.1 Å². The molecule has 9 nitrogen and oxygen atoms in total. The van der Waals surface area contributed by atoms with Crippen LogP contribution in [-0.4, -0.2) is 38.3 Å². The van der Waals surface area contributed by atoms with Crippen molar-refractivity contribution in [2.75, 3.05) is 7.05 Å². The van der Waals surface area contributed by atoms with Gasteiger partial charge in [-0.25, -0.2) is 39.4 Å². The summed E-state index contributed by atoms with van der Waals surface area (Å²) in [6.07, 6.45) is 1.61. The van der Waals surface area contributed by atoms with Crippen molar-refractivity contribution in [1.82, 2.24) is 14.2 Å². The molecule has 2 aromatic carbocycles. The highest BCUT2D eigenvalue weighted by Crippen LogP contribution is 2.23. The first-order valence-corrected chi connectivity index (χ1v) is 13.7. The predicted octanol–water partition coefficient (Wildman–Crippen LogP) is 0.655. The van der Waals surface area contributed by atoms with Gasteiger partial charge in [0.1, 0.15) is 0 Å². The van der Waals surface area contributed by atoms with Gasteiger partial charge in [-0.15, -0.1) is 0 Å². The molecule has 30 heavy (non-hydrogen) atoms. The van der Waals surface area contributed by atoms with Crippen molar-refractivity contribution >= 4 is 30.1 Å². The summed E-state index contributed by atoms with van der Waals surface area (Å²) in [5.74, 6) is -0.213. The highest BCUT2D eigenvalue weighted by molar-refractivity contribution is 7.90. The van der Waals surface area contributed by atoms with Gasteiger partial charge in [0, 0.05) is 12.6 Å². The second-order valence-corrected chi connectivity index (χ2v) is 12.4. The summed E-state index contributed by atoms with van der Waals surface area (Å²) in [5.41, 5.74) is 1.12. The van der Waals surface area contributed by atoms with Gasteiger partial charge in [0.25, 0.3) is 0 Å². The maximum atomic E-state index is 12.5. The minimum atomic E-state index is -3.88. The molecular weight excluding hydrogens is 450 g/mol. The highest BCUT2D eigenvalue weighted by atomic mass is 32.2. The van der Waals surface area contributed by atoms with Gasteiger partial charge in [0.15, 0.2) is 0 Å². The van der Waals surface area contributed by atoms with E-state index in [2.05, 4.69) is 14.2 Å². The van der Waals surface area contributed by atoms with E-state index >= 15 is 0 Å². The van der Waals surface area contributed by atoms with E-state index in [0.717, 1.165) is 12.8 Å². The molecule has 0 heterocycles. The Bertz CT molecular complexity index is 1220. The van der Waals surface area contributed by atoms with Crippen LogP contribution in [0.5, 0.6) is 0 Å². The van der Waals surface area contributed by atoms with Crippen LogP contribution in [0, 0.1) is 0 Å². The van der Waals surface area contributed by atoms with Crippen molar-refractivity contribution in [3.63, 3.8) is 0 Å². The zero-order chi connectivity index (χ0) is 22.0. The summed E-state index contributed by atoms with van der Waals surface area (Å²) in [5, 5.41) is 0. The Labute approximate surface area is 177 Å². The van der Waals surface area contributed by atoms with Crippen molar-refractivity contribution in [3.8, 4) is 0 Å². The van der Waals surface area contributed by atoms with Gasteiger partial charge in [0.05, 0.1) is 15.5 Å². The second-order valence-electron chi connectivity index (χ2n) is 6.97. The maximum absolute atomic E-state index is 12.5. The Morgan fingerprint density at radius 2 is 1.40 bits per heavy atom. The average molecular weight is 474 g/mol. The standard InChI is InChI=1S/C18H23N3O6S3/c1-19-28(22,23)13-15-4-2-3-14(11-15)12-20-29(24,25)17-7-9-18(10-8-17)30(26,27)21-16-5-6-16/h2-4,7-11,16,19-21H,5-6,12-13H2,1H3. The molecule has 0 spiro atoms. The molecule has 0 bridgehead atoms. The van der Waals surface area contributed by atoms with Gasteiger partial charge in [0.2, 0.25) is 30.1 Å². The lowest BCUT2D eigenvalue weighted by molar-refractivity contribution is 0.577. The normalized spacial score (nSPS) is 15.2. The number of nitrogens with one attached hydrogen (secondary N) is 3. The van der Waals surface area contributed by atoms with E-state index in [1.165, 1.54) is 31.3 Å². The van der Waals surface area contributed by atoms with Crippen LogP contribution < -0.4 is 14.2 Å². The molecule has 12 heteroatoms. The molecule has 3 N–H and O–H groups in total. The quantitative estimate of drug-likeness (QED) is 0.463. The fourth-order valence-corrected chi connectivity index (χ4v) is 5.75. The molecule has 0 aromatic heterocycles. The van der Waals surface area contributed by atoms with Crippen molar-refractivity contribution < 1.29 is 25.3 Å². The monoisotopic (exact) mass is 473 g/mol. The lowest BCUT2D eigenvalue weighted by Crippen LogP contribution is -2.26. The van der Waals surface area contributed by atoms with Gasteiger partial charge in [-0.1, -0.05) is 24.3 Å². The third-order valence-electron chi connectivity index (χ3n) is 4.47. The molecule has 0 unspecified atom stereocenters. The lowest BCUT2D eigenvalue weighted by Gasteiger charge is -2.10. The van der Waals surface area contributed by atoms with E-state index in [1.807, 2.05) is 0 Å². The molecule has 0 saturated heterocycles. The van der Waals surface area contributed by atoms with Gasteiger partial charge in [-0.3, -0.25) is 0 Å². The van der Waals surface area contributed by atoms with Crippen LogP contribution in [0.25, 0.3) is 0 Å². The molecule has 1 aliphatic rings. The smallest absolute Gasteiger partial charge is 0.218 e. The van der Waals surface area contributed by atoms with E-state index < -0.39 is 30.1 Å². The Kier molecular flexibility index (Phi) is 6.65. The SMILES string of the molecule is CNS(=O)(=O)Cc1cccc(CNS(=O)(=O)c2ccc(S(=O)(=O)NC3CC3)cc2)c1. The van der Waals surface area contributed by atoms with Gasteiger partial charge >= 0.3 is 0 Å². The molecule has 2 aromatic rings. The molecule has 0 amide bonds. The lowest BCUT2D eigenvalue weighted by atomic mass is 10.1. The third-order valence-corrected chi connectivity index (χ3v) is 8.76. The summed E-state index contributed by atoms with van der Waals surface area (Å²) in [6, 6.07) is 11.5. The molecule has 3 rings (SSSR count). The van der Waals surface area contributed by atoms with Gasteiger partial charge < -0.3 is 0 Å². The van der Waals surface area contributed by atoms with Crippen LogP contribution in [0.4, 0.5) is 0 Å². The van der Waals surface area contributed by atoms with Crippen molar-refractivity contribution in [2.45, 2.75) is 41.0 Å². The van der Waals surface area contributed by atoms with E-state index in [9.17, 15) is 25.3 Å². The highest BCUT2D eigenvalue weighted by Gasteiger charge is 2.28. The number of rotatable bonds is 10. The van der Waals surface area contributed by atoms with Crippen LogP contribution in [0.2, 0.25) is 0 Å². The molecule has 0 radical (unpaired) electrons. The third kappa shape index (κ3) is 6.09. The van der Waals surface area contributed by atoms with Crippen LogP contribution in [0.15, 0.2) is 58.3 Å². The summed E-state index contributed by atoms with van der Waals surface area (Å²) >= 11 is 0. The first-order chi connectivity index (χ1) is 14.0. The van der Waals surface area contributed by atoms with Crippen molar-refractivity contribution in [3.05, 3.63) is 59.7 Å². The number of sulfonamides is 3. The van der Waals surface area contributed by atoms with Crippen molar-refractivity contribution in [2.24, 2.45) is 0 Å². The van der Waals surface area contributed by atoms with Crippen LogP contribution in [-0.2, 0) is 42.4 Å². The van der Waals surface area contributed by atoms with Crippen LogP contribution in [0.3, 0.4) is 0 Å². The minimum Gasteiger partial charge on any atom is -0.218 e. The fraction of sp³-hybridized carbons (Fsp3) is 0.333. The average Bonchev–Trinajstić information content (AvgIpc) is 3.50. The Morgan fingerprint density at radius 1 is 0.833 bits per heavy atom. The largest absolute Gasteiger partial charge is 0.240 e. The minimum absolute atomic E-state index is 0.00629. The summed E-state index contributed by atoms with van der Waals surface area (Å²) in [7, 11) is -9.65. The Morgan fingerprint density at radius 3 is 1.97 bits per heavy atom. The van der Waals surface area contributed by atoms with Crippen LogP contribution in [0.1, 0.15) is 24.0 Å². The molecule has 0 aliphatic heterocycles. The topological polar surface area (TPSA) is 139 Å². The van der Waals surface area contributed by atoms with Gasteiger partial charge in [-0.2, -0.15) is 0 Å². The molecule has 1 fully saturated rings. The van der Waals surface area contributed by atoms with Gasteiger partial charge in [-0.05, 0) is 55.3 Å². The zero-order valence-electron chi connectivity index (χ0n) is 16.2. The van der Waals surface area contributed by atoms with Crippen LogP contribution >= 0.6 is 0 Å². The summed E-state index contributed by atoms with van der Waals surface area (Å²) in [4.78, 5) is -0.0615. The van der Waals surface area contributed by atoms with Crippen molar-refractivity contribution in [1.29, 1.82) is 0 Å². The van der Waals surface area contributed by atoms with E-state index in [-0.39, 0.29) is 28.1 Å². The summed E-state index contributed by atoms with van der Waals surface area (Å²) < 4.78 is 80.0. The Hall–Kier alpha value is -1.83. The first kappa shape index (κ1) is 22.8. The molecule has 1 aliphatic carbocycles. The molecule has 0 atom stereocenters. The van der Waals surface area contributed by atoms with E-state index in [1.54, 1.807) is 24.3 Å². The summed E-state index contributed by atoms with van der Waals surface area (Å²) in [6.45, 7) is -0.0426. The predicted molar refractivity (Wildman–Crippen MR) is 112 cm³/mol. The van der Waals surface area contributed by atoms with E-state index in [4.69, 9.17) is 0 Å². The number of benzene rings is 2. The maximum Gasteiger partial charge on any atom is 0.240 e. The fourth-order valence-electron chi connectivity index (χ4n) is 2.67. The number of hydrogen-bond acceptors (Lipinski definition) is 6. The molecule has 1 saturated carbocycles. The molecular formula is C18H23N3O6S3. The number of hydrogen-bond donors (Lipinski definition) is 3. The zero-order valence-corrected chi connectivity index (χ0v) is 18.6. The second kappa shape index (κ2) is 8.73. The molecule has 164 valence electrons. The Balaban J connectivity index is 1.68.